The molecule has 1 aliphatic carbocycles. The van der Waals surface area contributed by atoms with E-state index in [9.17, 15) is 10.4 Å². The van der Waals surface area contributed by atoms with Gasteiger partial charge in [0.1, 0.15) is 5.75 Å². The summed E-state index contributed by atoms with van der Waals surface area (Å²) in [6.45, 7) is 2.27. The third-order valence-electron chi connectivity index (χ3n) is 7.27. The molecule has 1 saturated carbocycles. The maximum atomic E-state index is 9.91. The molecule has 0 aromatic heterocycles. The highest BCUT2D eigenvalue weighted by Gasteiger charge is 2.35. The minimum atomic E-state index is -0.0787. The van der Waals surface area contributed by atoms with Gasteiger partial charge in [0.05, 0.1) is 11.5 Å². The lowest BCUT2D eigenvalue weighted by Gasteiger charge is -2.35. The molecule has 3 rings (SSSR count). The third-order valence-corrected chi connectivity index (χ3v) is 7.27. The van der Waals surface area contributed by atoms with Crippen LogP contribution in [0.25, 0.3) is 11.1 Å². The molecule has 1 N–H and O–H groups in total. The summed E-state index contributed by atoms with van der Waals surface area (Å²) in [4.78, 5) is 0. The van der Waals surface area contributed by atoms with Crippen molar-refractivity contribution in [1.29, 1.82) is 5.26 Å². The number of nitrogens with zero attached hydrogens (tertiary/aromatic N) is 1. The number of hydrogen-bond acceptors (Lipinski definition) is 2. The summed E-state index contributed by atoms with van der Waals surface area (Å²) in [7, 11) is 0. The van der Waals surface area contributed by atoms with Gasteiger partial charge in [-0.3, -0.25) is 0 Å². The molecule has 0 unspecified atom stereocenters. The van der Waals surface area contributed by atoms with Crippen molar-refractivity contribution in [2.75, 3.05) is 0 Å². The maximum Gasteiger partial charge on any atom is 0.115 e. The summed E-state index contributed by atoms with van der Waals surface area (Å²) in [5.74, 6) is 0.879. The summed E-state index contributed by atoms with van der Waals surface area (Å²) in [5.41, 5.74) is 3.63. The molecule has 2 aromatic carbocycles. The standard InChI is InChI=1S/C29H39NO/c1-2-3-4-5-6-7-8-9-20-29(23-30)21-18-27(19-22-29)25-12-10-24(11-13-25)26-14-16-28(31)17-15-26/h10-17,27,31H,2-9,18-22H2,1H3. The van der Waals surface area contributed by atoms with Crippen LogP contribution in [0.2, 0.25) is 0 Å². The van der Waals surface area contributed by atoms with Crippen LogP contribution in [0.5, 0.6) is 5.75 Å². The molecule has 2 nitrogen and oxygen atoms in total. The number of rotatable bonds is 11. The Kier molecular flexibility index (Phi) is 9.01. The fourth-order valence-corrected chi connectivity index (χ4v) is 5.12. The molecule has 2 aromatic rings. The first-order valence-electron chi connectivity index (χ1n) is 12.5. The molecule has 31 heavy (non-hydrogen) atoms. The van der Waals surface area contributed by atoms with Crippen molar-refractivity contribution in [3.8, 4) is 22.9 Å². The van der Waals surface area contributed by atoms with E-state index in [0.717, 1.165) is 37.7 Å². The highest BCUT2D eigenvalue weighted by atomic mass is 16.3. The zero-order chi connectivity index (χ0) is 21.9. The molecule has 0 saturated heterocycles. The van der Waals surface area contributed by atoms with Crippen molar-refractivity contribution < 1.29 is 5.11 Å². The largest absolute Gasteiger partial charge is 0.508 e. The highest BCUT2D eigenvalue weighted by Crippen LogP contribution is 2.45. The number of nitriles is 1. The van der Waals surface area contributed by atoms with Crippen LogP contribution in [0.1, 0.15) is 102 Å². The Morgan fingerprint density at radius 1 is 0.806 bits per heavy atom. The maximum absolute atomic E-state index is 9.91. The van der Waals surface area contributed by atoms with Gasteiger partial charge in [-0.2, -0.15) is 5.26 Å². The molecule has 2 heteroatoms. The molecule has 0 spiro atoms. The quantitative estimate of drug-likeness (QED) is 0.371. The summed E-state index contributed by atoms with van der Waals surface area (Å²) in [6.07, 6.45) is 16.1. The first kappa shape index (κ1) is 23.4. The predicted octanol–water partition coefficient (Wildman–Crippen LogP) is 8.76. The summed E-state index contributed by atoms with van der Waals surface area (Å²) in [6, 6.07) is 19.0. The van der Waals surface area contributed by atoms with Crippen LogP contribution in [0.3, 0.4) is 0 Å². The van der Waals surface area contributed by atoms with Gasteiger partial charge >= 0.3 is 0 Å². The van der Waals surface area contributed by atoms with Gasteiger partial charge in [-0.1, -0.05) is 94.7 Å². The first-order chi connectivity index (χ1) is 15.2. The van der Waals surface area contributed by atoms with E-state index in [1.807, 2.05) is 12.1 Å². The molecule has 0 aliphatic heterocycles. The van der Waals surface area contributed by atoms with Crippen LogP contribution in [0.15, 0.2) is 48.5 Å². The van der Waals surface area contributed by atoms with Gasteiger partial charge < -0.3 is 5.11 Å². The van der Waals surface area contributed by atoms with Crippen molar-refractivity contribution >= 4 is 0 Å². The molecule has 1 aliphatic rings. The van der Waals surface area contributed by atoms with Gasteiger partial charge in [-0.05, 0) is 66.8 Å². The summed E-state index contributed by atoms with van der Waals surface area (Å²) < 4.78 is 0. The average molecular weight is 418 g/mol. The number of phenols is 1. The van der Waals surface area contributed by atoms with Crippen LogP contribution in [0, 0.1) is 16.7 Å². The smallest absolute Gasteiger partial charge is 0.115 e. The minimum Gasteiger partial charge on any atom is -0.508 e. The zero-order valence-corrected chi connectivity index (χ0v) is 19.3. The molecule has 1 fully saturated rings. The average Bonchev–Trinajstić information content (AvgIpc) is 2.82. The monoisotopic (exact) mass is 417 g/mol. The fourth-order valence-electron chi connectivity index (χ4n) is 5.12. The molecular weight excluding hydrogens is 378 g/mol. The van der Waals surface area contributed by atoms with Crippen LogP contribution in [-0.4, -0.2) is 5.11 Å². The number of benzene rings is 2. The van der Waals surface area contributed by atoms with Crippen molar-refractivity contribution in [1.82, 2.24) is 0 Å². The van der Waals surface area contributed by atoms with Gasteiger partial charge in [0, 0.05) is 0 Å². The number of aromatic hydroxyl groups is 1. The van der Waals surface area contributed by atoms with Crippen molar-refractivity contribution in [2.45, 2.75) is 96.3 Å². The molecule has 0 bridgehead atoms. The number of phenolic OH excluding ortho intramolecular Hbond substituents is 1. The molecule has 0 amide bonds. The van der Waals surface area contributed by atoms with E-state index in [4.69, 9.17) is 0 Å². The van der Waals surface area contributed by atoms with Crippen molar-refractivity contribution in [3.63, 3.8) is 0 Å². The van der Waals surface area contributed by atoms with Gasteiger partial charge in [-0.25, -0.2) is 0 Å². The van der Waals surface area contributed by atoms with E-state index in [1.54, 1.807) is 12.1 Å². The summed E-state index contributed by atoms with van der Waals surface area (Å²) >= 11 is 0. The van der Waals surface area contributed by atoms with E-state index in [-0.39, 0.29) is 5.41 Å². The van der Waals surface area contributed by atoms with E-state index in [2.05, 4.69) is 37.3 Å². The lowest BCUT2D eigenvalue weighted by atomic mass is 9.67. The van der Waals surface area contributed by atoms with Crippen LogP contribution >= 0.6 is 0 Å². The Hall–Kier alpha value is -2.27. The Morgan fingerprint density at radius 3 is 1.87 bits per heavy atom. The lowest BCUT2D eigenvalue weighted by Crippen LogP contribution is -2.25. The fraction of sp³-hybridized carbons (Fsp3) is 0.552. The summed E-state index contributed by atoms with van der Waals surface area (Å²) in [5, 5.41) is 19.4. The van der Waals surface area contributed by atoms with E-state index in [0.29, 0.717) is 11.7 Å². The van der Waals surface area contributed by atoms with E-state index < -0.39 is 0 Å². The zero-order valence-electron chi connectivity index (χ0n) is 19.3. The second-order valence-corrected chi connectivity index (χ2v) is 9.56. The Labute approximate surface area is 189 Å². The van der Waals surface area contributed by atoms with Gasteiger partial charge in [0.2, 0.25) is 0 Å². The molecule has 0 heterocycles. The molecular formula is C29H39NO. The van der Waals surface area contributed by atoms with Gasteiger partial charge in [-0.15, -0.1) is 0 Å². The predicted molar refractivity (Wildman–Crippen MR) is 130 cm³/mol. The second-order valence-electron chi connectivity index (χ2n) is 9.56. The molecule has 166 valence electrons. The number of hydrogen-bond donors (Lipinski definition) is 1. The number of unbranched alkanes of at least 4 members (excludes halogenated alkanes) is 7. The lowest BCUT2D eigenvalue weighted by molar-refractivity contribution is 0.222. The second kappa shape index (κ2) is 11.9. The third kappa shape index (κ3) is 6.86. The van der Waals surface area contributed by atoms with Gasteiger partial charge in [0.15, 0.2) is 0 Å². The van der Waals surface area contributed by atoms with E-state index in [1.165, 1.54) is 62.5 Å². The topological polar surface area (TPSA) is 44.0 Å². The SMILES string of the molecule is CCCCCCCCCCC1(C#N)CCC(c2ccc(-c3ccc(O)cc3)cc2)CC1. The first-order valence-corrected chi connectivity index (χ1v) is 12.5. The van der Waals surface area contributed by atoms with Crippen LogP contribution < -0.4 is 0 Å². The normalized spacial score (nSPS) is 21.0. The van der Waals surface area contributed by atoms with Gasteiger partial charge in [0.25, 0.3) is 0 Å². The highest BCUT2D eigenvalue weighted by molar-refractivity contribution is 5.64. The van der Waals surface area contributed by atoms with Crippen LogP contribution in [-0.2, 0) is 0 Å². The Morgan fingerprint density at radius 2 is 1.32 bits per heavy atom. The van der Waals surface area contributed by atoms with Crippen molar-refractivity contribution in [3.05, 3.63) is 54.1 Å². The van der Waals surface area contributed by atoms with E-state index >= 15 is 0 Å². The molecule has 0 radical (unpaired) electrons. The molecule has 0 atom stereocenters. The Bertz CT molecular complexity index is 807. The van der Waals surface area contributed by atoms with Crippen LogP contribution in [0.4, 0.5) is 0 Å². The van der Waals surface area contributed by atoms with Crippen molar-refractivity contribution in [2.24, 2.45) is 5.41 Å². The minimum absolute atomic E-state index is 0.0787. The Balaban J connectivity index is 1.44.